The SMILES string of the molecule is CCC1C(=O)OCc2c1cc1n(c2=O)C/C(=C2/c3ccc(F)c(C)c3CCC2NCCNC(=O)OCC2c3ccccc3-c3ccccc32)C1=NC. The molecule has 1 aromatic heterocycles. The lowest BCUT2D eigenvalue weighted by Gasteiger charge is -2.32. The van der Waals surface area contributed by atoms with Crippen LogP contribution in [-0.4, -0.2) is 55.1 Å². The molecular weight excluding hydrogens is 659 g/mol. The Morgan fingerprint density at radius 1 is 0.962 bits per heavy atom. The molecule has 3 heterocycles. The molecule has 52 heavy (non-hydrogen) atoms. The second-order valence-electron chi connectivity index (χ2n) is 13.9. The molecule has 9 nitrogen and oxygen atoms in total. The number of hydrogen-bond donors (Lipinski definition) is 2. The number of allylic oxidation sites excluding steroid dienone is 1. The number of aliphatic imine (C=N–C) groups is 1. The molecule has 1 amide bonds. The van der Waals surface area contributed by atoms with Crippen molar-refractivity contribution in [2.45, 2.75) is 64.1 Å². The van der Waals surface area contributed by atoms with Gasteiger partial charge in [0.05, 0.1) is 29.4 Å². The number of alkyl carbamates (subject to hydrolysis) is 1. The second kappa shape index (κ2) is 13.7. The van der Waals surface area contributed by atoms with Crippen LogP contribution in [0.2, 0.25) is 0 Å². The number of nitrogens with one attached hydrogen (secondary N) is 2. The summed E-state index contributed by atoms with van der Waals surface area (Å²) < 4.78 is 27.7. The highest BCUT2D eigenvalue weighted by molar-refractivity contribution is 6.18. The van der Waals surface area contributed by atoms with Gasteiger partial charge < -0.3 is 24.7 Å². The molecule has 3 aromatic carbocycles. The van der Waals surface area contributed by atoms with Gasteiger partial charge in [-0.2, -0.15) is 0 Å². The average molecular weight is 701 g/mol. The minimum absolute atomic E-state index is 0.0232. The van der Waals surface area contributed by atoms with Crippen LogP contribution in [0.15, 0.2) is 82.1 Å². The van der Waals surface area contributed by atoms with Crippen molar-refractivity contribution >= 4 is 23.3 Å². The molecule has 8 rings (SSSR count). The van der Waals surface area contributed by atoms with Crippen molar-refractivity contribution in [3.05, 3.63) is 133 Å². The molecule has 2 N–H and O–H groups in total. The minimum Gasteiger partial charge on any atom is -0.460 e. The minimum atomic E-state index is -0.503. The summed E-state index contributed by atoms with van der Waals surface area (Å²) in [7, 11) is 1.71. The van der Waals surface area contributed by atoms with E-state index < -0.39 is 12.0 Å². The highest BCUT2D eigenvalue weighted by Crippen LogP contribution is 2.45. The molecule has 2 aliphatic heterocycles. The third-order valence-electron chi connectivity index (χ3n) is 11.2. The van der Waals surface area contributed by atoms with E-state index >= 15 is 0 Å². The molecule has 266 valence electrons. The number of benzene rings is 3. The Morgan fingerprint density at radius 3 is 2.40 bits per heavy atom. The predicted octanol–water partition coefficient (Wildman–Crippen LogP) is 6.18. The Hall–Kier alpha value is -5.35. The van der Waals surface area contributed by atoms with Crippen LogP contribution in [0.1, 0.15) is 76.2 Å². The summed E-state index contributed by atoms with van der Waals surface area (Å²) in [4.78, 5) is 44.1. The fraction of sp³-hybridized carbons (Fsp3) is 0.333. The van der Waals surface area contributed by atoms with Crippen LogP contribution in [-0.2, 0) is 33.8 Å². The van der Waals surface area contributed by atoms with Crippen LogP contribution in [0, 0.1) is 12.7 Å². The number of carbonyl (C=O) groups is 2. The fourth-order valence-electron chi connectivity index (χ4n) is 8.69. The molecule has 2 aliphatic carbocycles. The average Bonchev–Trinajstić information content (AvgIpc) is 3.69. The van der Waals surface area contributed by atoms with Gasteiger partial charge in [-0.1, -0.05) is 61.5 Å². The molecular formula is C42H41FN4O5. The maximum atomic E-state index is 14.8. The van der Waals surface area contributed by atoms with Crippen LogP contribution in [0.5, 0.6) is 0 Å². The molecule has 0 spiro atoms. The molecule has 2 unspecified atom stereocenters. The van der Waals surface area contributed by atoms with Gasteiger partial charge in [0.25, 0.3) is 5.56 Å². The standard InChI is InChI=1S/C42H41FN4O5/c1-4-24-31-19-37-39(44-3)32(20-47(37)40(48)34(31)22-51-41(24)49)38-30-13-15-35(43)23(2)25(30)14-16-36(38)45-17-18-46-42(50)52-21-33-28-11-7-5-9-26(28)27-10-6-8-12-29(27)33/h5-13,15,19,24,33,36,45H,4,14,16-18,20-22H2,1-3H3,(H,46,50)/b38-32+,44-39?. The second-order valence-corrected chi connectivity index (χ2v) is 13.9. The van der Waals surface area contributed by atoms with E-state index in [0.29, 0.717) is 67.0 Å². The topological polar surface area (TPSA) is 111 Å². The zero-order valence-corrected chi connectivity index (χ0v) is 29.6. The number of rotatable bonds is 7. The van der Waals surface area contributed by atoms with Crippen LogP contribution in [0.4, 0.5) is 9.18 Å². The van der Waals surface area contributed by atoms with Gasteiger partial charge in [0.2, 0.25) is 0 Å². The molecule has 0 saturated carbocycles. The summed E-state index contributed by atoms with van der Waals surface area (Å²) in [5.41, 5.74) is 11.4. The van der Waals surface area contributed by atoms with E-state index in [9.17, 15) is 18.8 Å². The Kier molecular flexibility index (Phi) is 8.87. The smallest absolute Gasteiger partial charge is 0.407 e. The number of halogens is 1. The van der Waals surface area contributed by atoms with E-state index in [0.717, 1.165) is 33.4 Å². The maximum absolute atomic E-state index is 14.8. The van der Waals surface area contributed by atoms with Crippen molar-refractivity contribution in [3.63, 3.8) is 0 Å². The maximum Gasteiger partial charge on any atom is 0.407 e. The first-order valence-electron chi connectivity index (χ1n) is 18.0. The monoisotopic (exact) mass is 700 g/mol. The first kappa shape index (κ1) is 33.8. The van der Waals surface area contributed by atoms with Gasteiger partial charge >= 0.3 is 12.1 Å². The molecule has 0 bridgehead atoms. The van der Waals surface area contributed by atoms with Crippen molar-refractivity contribution in [1.29, 1.82) is 0 Å². The normalized spacial score (nSPS) is 20.8. The lowest BCUT2D eigenvalue weighted by molar-refractivity contribution is -0.148. The molecule has 2 atom stereocenters. The van der Waals surface area contributed by atoms with E-state index in [1.807, 2.05) is 43.3 Å². The Bertz CT molecular complexity index is 2210. The molecule has 4 aliphatic rings. The molecule has 10 heteroatoms. The zero-order valence-electron chi connectivity index (χ0n) is 29.6. The van der Waals surface area contributed by atoms with Crippen LogP contribution in [0.3, 0.4) is 0 Å². The van der Waals surface area contributed by atoms with E-state index in [-0.39, 0.29) is 42.5 Å². The largest absolute Gasteiger partial charge is 0.460 e. The third-order valence-corrected chi connectivity index (χ3v) is 11.2. The van der Waals surface area contributed by atoms with Gasteiger partial charge in [-0.15, -0.1) is 0 Å². The van der Waals surface area contributed by atoms with Gasteiger partial charge in [-0.05, 0) is 88.4 Å². The van der Waals surface area contributed by atoms with Crippen molar-refractivity contribution in [2.24, 2.45) is 4.99 Å². The van der Waals surface area contributed by atoms with Gasteiger partial charge in [0.15, 0.2) is 0 Å². The number of cyclic esters (lactones) is 1. The lowest BCUT2D eigenvalue weighted by atomic mass is 9.78. The number of aromatic nitrogens is 1. The summed E-state index contributed by atoms with van der Waals surface area (Å²) >= 11 is 0. The van der Waals surface area contributed by atoms with Crippen molar-refractivity contribution < 1.29 is 23.5 Å². The van der Waals surface area contributed by atoms with Gasteiger partial charge in [-0.3, -0.25) is 14.6 Å². The lowest BCUT2D eigenvalue weighted by Crippen LogP contribution is -2.40. The molecule has 4 aromatic rings. The molecule has 0 saturated heterocycles. The van der Waals surface area contributed by atoms with Crippen LogP contribution >= 0.6 is 0 Å². The first-order valence-corrected chi connectivity index (χ1v) is 18.0. The Morgan fingerprint density at radius 2 is 1.69 bits per heavy atom. The summed E-state index contributed by atoms with van der Waals surface area (Å²) in [5, 5.41) is 6.54. The predicted molar refractivity (Wildman–Crippen MR) is 197 cm³/mol. The molecule has 0 fully saturated rings. The van der Waals surface area contributed by atoms with Crippen molar-refractivity contribution in [1.82, 2.24) is 15.2 Å². The highest BCUT2D eigenvalue weighted by atomic mass is 19.1. The number of pyridine rings is 1. The summed E-state index contributed by atoms with van der Waals surface area (Å²) in [6.45, 7) is 4.99. The number of esters is 1. The summed E-state index contributed by atoms with van der Waals surface area (Å²) in [6, 6.07) is 21.6. The van der Waals surface area contributed by atoms with E-state index in [1.54, 1.807) is 18.5 Å². The number of nitrogens with zero attached hydrogens (tertiary/aromatic N) is 2. The quantitative estimate of drug-likeness (QED) is 0.176. The van der Waals surface area contributed by atoms with Gasteiger partial charge in [0.1, 0.15) is 19.0 Å². The van der Waals surface area contributed by atoms with Gasteiger partial charge in [0, 0.05) is 37.7 Å². The van der Waals surface area contributed by atoms with Crippen molar-refractivity contribution in [3.8, 4) is 11.1 Å². The summed E-state index contributed by atoms with van der Waals surface area (Å²) in [6.07, 6.45) is 1.41. The van der Waals surface area contributed by atoms with Crippen LogP contribution < -0.4 is 16.2 Å². The van der Waals surface area contributed by atoms with E-state index in [2.05, 4.69) is 34.9 Å². The highest BCUT2D eigenvalue weighted by Gasteiger charge is 2.38. The third kappa shape index (κ3) is 5.56. The first-order chi connectivity index (χ1) is 25.3. The van der Waals surface area contributed by atoms with E-state index in [4.69, 9.17) is 14.5 Å². The number of fused-ring (bicyclic) bond motifs is 6. The number of carbonyl (C=O) groups excluding carboxylic acids is 2. The van der Waals surface area contributed by atoms with Gasteiger partial charge in [-0.25, -0.2) is 9.18 Å². The summed E-state index contributed by atoms with van der Waals surface area (Å²) in [5.74, 6) is -1.10. The number of ether oxygens (including phenoxy) is 2. The fourth-order valence-corrected chi connectivity index (χ4v) is 8.69. The Balaban J connectivity index is 1.02. The number of hydrogen-bond acceptors (Lipinski definition) is 7. The number of amides is 1. The molecule has 0 radical (unpaired) electrons. The van der Waals surface area contributed by atoms with Crippen LogP contribution in [0.25, 0.3) is 16.7 Å². The van der Waals surface area contributed by atoms with E-state index in [1.165, 1.54) is 17.2 Å². The Labute approximate surface area is 301 Å². The van der Waals surface area contributed by atoms with Crippen molar-refractivity contribution in [2.75, 3.05) is 26.7 Å². The zero-order chi connectivity index (χ0) is 36.1.